The van der Waals surface area contributed by atoms with E-state index in [0.717, 1.165) is 0 Å². The van der Waals surface area contributed by atoms with Gasteiger partial charge in [0.25, 0.3) is 0 Å². The summed E-state index contributed by atoms with van der Waals surface area (Å²) in [5.74, 6) is 0. The average Bonchev–Trinajstić information content (AvgIpc) is 2.15. The van der Waals surface area contributed by atoms with Gasteiger partial charge >= 0.3 is 6.09 Å². The van der Waals surface area contributed by atoms with Gasteiger partial charge < -0.3 is 14.9 Å². The molecule has 0 aliphatic heterocycles. The maximum atomic E-state index is 11.4. The summed E-state index contributed by atoms with van der Waals surface area (Å²) in [4.78, 5) is 11.4. The molecule has 0 fully saturated rings. The third kappa shape index (κ3) is 4.84. The Bertz CT molecular complexity index is 378. The molecular weight excluding hydrogens is 222 g/mol. The van der Waals surface area contributed by atoms with Gasteiger partial charge in [0.2, 0.25) is 0 Å². The highest BCUT2D eigenvalue weighted by atomic mass is 16.6. The number of aliphatic hydroxyl groups is 2. The predicted octanol–water partition coefficient (Wildman–Crippen LogP) is 2.02. The van der Waals surface area contributed by atoms with E-state index in [1.54, 1.807) is 32.9 Å². The molecule has 0 saturated carbocycles. The van der Waals surface area contributed by atoms with Crippen LogP contribution in [0.15, 0.2) is 24.3 Å². The summed E-state index contributed by atoms with van der Waals surface area (Å²) in [6, 6.07) is 6.16. The molecule has 17 heavy (non-hydrogen) atoms. The number of carbonyl (C=O) groups excluding carboxylic acids is 1. The first-order valence-corrected chi connectivity index (χ1v) is 5.24. The maximum Gasteiger partial charge on any atom is 0.412 e. The standard InChI is InChI=1S/C12H17NO4/c1-12(2,3)17-11(16)13-9-6-4-8(5-7-9)10(14)15/h4-7,10,14-15H,1-3H3,(H,13,16). The van der Waals surface area contributed by atoms with Crippen molar-refractivity contribution in [1.82, 2.24) is 0 Å². The number of benzene rings is 1. The molecule has 0 unspecified atom stereocenters. The molecule has 0 aliphatic carbocycles. The van der Waals surface area contributed by atoms with Crippen LogP contribution in [0.2, 0.25) is 0 Å². The monoisotopic (exact) mass is 239 g/mol. The summed E-state index contributed by atoms with van der Waals surface area (Å²) in [7, 11) is 0. The zero-order valence-electron chi connectivity index (χ0n) is 10.1. The van der Waals surface area contributed by atoms with Gasteiger partial charge in [-0.3, -0.25) is 5.32 Å². The molecule has 0 bridgehead atoms. The van der Waals surface area contributed by atoms with E-state index in [1.807, 2.05) is 0 Å². The van der Waals surface area contributed by atoms with E-state index in [9.17, 15) is 4.79 Å². The number of anilines is 1. The van der Waals surface area contributed by atoms with E-state index in [1.165, 1.54) is 12.1 Å². The van der Waals surface area contributed by atoms with Crippen LogP contribution in [-0.2, 0) is 4.74 Å². The van der Waals surface area contributed by atoms with Gasteiger partial charge in [-0.15, -0.1) is 0 Å². The molecule has 0 atom stereocenters. The summed E-state index contributed by atoms with van der Waals surface area (Å²) in [5, 5.41) is 20.3. The number of ether oxygens (including phenoxy) is 1. The fourth-order valence-corrected chi connectivity index (χ4v) is 1.16. The Kier molecular flexibility index (Phi) is 4.09. The van der Waals surface area contributed by atoms with E-state index in [0.29, 0.717) is 11.3 Å². The minimum absolute atomic E-state index is 0.361. The summed E-state index contributed by atoms with van der Waals surface area (Å²) < 4.78 is 5.07. The zero-order chi connectivity index (χ0) is 13.1. The number of hydrogen-bond acceptors (Lipinski definition) is 4. The van der Waals surface area contributed by atoms with Crippen LogP contribution in [0.5, 0.6) is 0 Å². The second kappa shape index (κ2) is 5.16. The quantitative estimate of drug-likeness (QED) is 0.690. The molecule has 1 amide bonds. The molecule has 5 nitrogen and oxygen atoms in total. The van der Waals surface area contributed by atoms with Crippen molar-refractivity contribution in [2.45, 2.75) is 32.7 Å². The lowest BCUT2D eigenvalue weighted by molar-refractivity contribution is -0.0424. The number of carbonyl (C=O) groups is 1. The Labute approximate surface area is 100 Å². The van der Waals surface area contributed by atoms with Crippen LogP contribution in [0.3, 0.4) is 0 Å². The number of amides is 1. The molecular formula is C12H17NO4. The van der Waals surface area contributed by atoms with Crippen molar-refractivity contribution in [3.8, 4) is 0 Å². The molecule has 0 saturated heterocycles. The van der Waals surface area contributed by atoms with Crippen molar-refractivity contribution < 1.29 is 19.7 Å². The van der Waals surface area contributed by atoms with Crippen molar-refractivity contribution in [2.75, 3.05) is 5.32 Å². The molecule has 0 radical (unpaired) electrons. The molecule has 94 valence electrons. The molecule has 1 aromatic carbocycles. The molecule has 0 aliphatic rings. The third-order valence-corrected chi connectivity index (χ3v) is 1.85. The summed E-state index contributed by atoms with van der Waals surface area (Å²) in [5.41, 5.74) is 0.342. The predicted molar refractivity (Wildman–Crippen MR) is 63.5 cm³/mol. The first kappa shape index (κ1) is 13.5. The topological polar surface area (TPSA) is 78.8 Å². The summed E-state index contributed by atoms with van der Waals surface area (Å²) in [6.45, 7) is 5.33. The first-order valence-electron chi connectivity index (χ1n) is 5.24. The van der Waals surface area contributed by atoms with E-state index < -0.39 is 18.0 Å². The Morgan fingerprint density at radius 3 is 2.18 bits per heavy atom. The first-order chi connectivity index (χ1) is 7.78. The van der Waals surface area contributed by atoms with Crippen LogP contribution >= 0.6 is 0 Å². The molecule has 0 spiro atoms. The molecule has 1 rings (SSSR count). The normalized spacial score (nSPS) is 11.4. The van der Waals surface area contributed by atoms with Crippen molar-refractivity contribution in [3.05, 3.63) is 29.8 Å². The van der Waals surface area contributed by atoms with Gasteiger partial charge in [0, 0.05) is 11.3 Å². The van der Waals surface area contributed by atoms with E-state index in [4.69, 9.17) is 14.9 Å². The summed E-state index contributed by atoms with van der Waals surface area (Å²) in [6.07, 6.45) is -2.06. The highest BCUT2D eigenvalue weighted by Crippen LogP contribution is 2.15. The van der Waals surface area contributed by atoms with Gasteiger partial charge in [0.05, 0.1) is 0 Å². The highest BCUT2D eigenvalue weighted by molar-refractivity contribution is 5.84. The van der Waals surface area contributed by atoms with Crippen molar-refractivity contribution in [2.24, 2.45) is 0 Å². The van der Waals surface area contributed by atoms with Crippen LogP contribution in [0.25, 0.3) is 0 Å². The molecule has 0 aromatic heterocycles. The van der Waals surface area contributed by atoms with Crippen molar-refractivity contribution >= 4 is 11.8 Å². The van der Waals surface area contributed by atoms with E-state index in [2.05, 4.69) is 5.32 Å². The smallest absolute Gasteiger partial charge is 0.412 e. The second-order valence-electron chi connectivity index (χ2n) is 4.62. The van der Waals surface area contributed by atoms with Crippen LogP contribution in [0.1, 0.15) is 32.6 Å². The zero-order valence-corrected chi connectivity index (χ0v) is 10.1. The van der Waals surface area contributed by atoms with Gasteiger partial charge in [-0.1, -0.05) is 12.1 Å². The Balaban J connectivity index is 2.61. The fraction of sp³-hybridized carbons (Fsp3) is 0.417. The van der Waals surface area contributed by atoms with Crippen molar-refractivity contribution in [3.63, 3.8) is 0 Å². The molecule has 3 N–H and O–H groups in total. The van der Waals surface area contributed by atoms with Gasteiger partial charge in [-0.05, 0) is 32.9 Å². The van der Waals surface area contributed by atoms with Gasteiger partial charge in [-0.25, -0.2) is 4.79 Å². The number of rotatable bonds is 2. The SMILES string of the molecule is CC(C)(C)OC(=O)Nc1ccc(C(O)O)cc1. The Hall–Kier alpha value is -1.59. The second-order valence-corrected chi connectivity index (χ2v) is 4.62. The van der Waals surface area contributed by atoms with E-state index >= 15 is 0 Å². The van der Waals surface area contributed by atoms with Crippen LogP contribution in [0, 0.1) is 0 Å². The minimum Gasteiger partial charge on any atom is -0.444 e. The molecule has 1 aromatic rings. The lowest BCUT2D eigenvalue weighted by Crippen LogP contribution is -2.27. The largest absolute Gasteiger partial charge is 0.444 e. The molecule has 5 heteroatoms. The lowest BCUT2D eigenvalue weighted by atomic mass is 10.2. The number of aliphatic hydroxyl groups excluding tert-OH is 1. The van der Waals surface area contributed by atoms with Crippen LogP contribution < -0.4 is 5.32 Å². The molecule has 0 heterocycles. The third-order valence-electron chi connectivity index (χ3n) is 1.85. The number of hydrogen-bond donors (Lipinski definition) is 3. The Morgan fingerprint density at radius 2 is 1.76 bits per heavy atom. The van der Waals surface area contributed by atoms with E-state index in [-0.39, 0.29) is 0 Å². The van der Waals surface area contributed by atoms with Crippen LogP contribution in [0.4, 0.5) is 10.5 Å². The minimum atomic E-state index is -1.51. The maximum absolute atomic E-state index is 11.4. The van der Waals surface area contributed by atoms with Gasteiger partial charge in [-0.2, -0.15) is 0 Å². The Morgan fingerprint density at radius 1 is 1.24 bits per heavy atom. The number of nitrogens with one attached hydrogen (secondary N) is 1. The average molecular weight is 239 g/mol. The highest BCUT2D eigenvalue weighted by Gasteiger charge is 2.16. The van der Waals surface area contributed by atoms with Gasteiger partial charge in [0.1, 0.15) is 5.60 Å². The lowest BCUT2D eigenvalue weighted by Gasteiger charge is -2.19. The van der Waals surface area contributed by atoms with Crippen molar-refractivity contribution in [1.29, 1.82) is 0 Å². The fourth-order valence-electron chi connectivity index (χ4n) is 1.16. The van der Waals surface area contributed by atoms with Crippen LogP contribution in [-0.4, -0.2) is 21.9 Å². The summed E-state index contributed by atoms with van der Waals surface area (Å²) >= 11 is 0. The van der Waals surface area contributed by atoms with Gasteiger partial charge in [0.15, 0.2) is 6.29 Å².